The smallest absolute Gasteiger partial charge is 0.333 e. The summed E-state index contributed by atoms with van der Waals surface area (Å²) in [5.41, 5.74) is 1.13. The number of pyridine rings is 1. The van der Waals surface area contributed by atoms with Crippen LogP contribution in [0, 0.1) is 0 Å². The highest BCUT2D eigenvalue weighted by molar-refractivity contribution is 6.30. The van der Waals surface area contributed by atoms with Gasteiger partial charge < -0.3 is 9.64 Å². The van der Waals surface area contributed by atoms with E-state index in [0.717, 1.165) is 31.2 Å². The Morgan fingerprint density at radius 2 is 1.93 bits per heavy atom. The molecule has 0 spiro atoms. The van der Waals surface area contributed by atoms with E-state index in [1.165, 1.54) is 4.90 Å². The van der Waals surface area contributed by atoms with Crippen LogP contribution in [-0.2, 0) is 11.2 Å². The molecule has 1 unspecified atom stereocenters. The zero-order valence-corrected chi connectivity index (χ0v) is 15.6. The molecular formula is C20H20ClN3O3. The largest absolute Gasteiger partial charge is 0.492 e. The van der Waals surface area contributed by atoms with E-state index in [1.807, 2.05) is 24.3 Å². The molecule has 2 aromatic rings. The van der Waals surface area contributed by atoms with Gasteiger partial charge in [-0.1, -0.05) is 23.7 Å². The number of halogens is 1. The van der Waals surface area contributed by atoms with Gasteiger partial charge in [-0.2, -0.15) is 0 Å². The molecule has 4 rings (SSSR count). The molecule has 6 nitrogen and oxygen atoms in total. The van der Waals surface area contributed by atoms with Crippen LogP contribution in [0.25, 0.3) is 0 Å². The molecule has 3 amide bonds. The van der Waals surface area contributed by atoms with Gasteiger partial charge in [0.05, 0.1) is 12.8 Å². The number of ether oxygens (including phenoxy) is 1. The molecule has 2 aliphatic rings. The fourth-order valence-corrected chi connectivity index (χ4v) is 3.65. The molecule has 2 aliphatic heterocycles. The first kappa shape index (κ1) is 17.8. The van der Waals surface area contributed by atoms with Gasteiger partial charge in [0.15, 0.2) is 0 Å². The molecular weight excluding hydrogens is 366 g/mol. The van der Waals surface area contributed by atoms with E-state index in [4.69, 9.17) is 16.3 Å². The summed E-state index contributed by atoms with van der Waals surface area (Å²) >= 11 is 5.88. The van der Waals surface area contributed by atoms with Gasteiger partial charge in [-0.05, 0) is 49.1 Å². The van der Waals surface area contributed by atoms with Gasteiger partial charge in [-0.25, -0.2) is 14.7 Å². The first-order valence-electron chi connectivity index (χ1n) is 9.11. The van der Waals surface area contributed by atoms with E-state index in [1.54, 1.807) is 23.2 Å². The monoisotopic (exact) mass is 385 g/mol. The van der Waals surface area contributed by atoms with Crippen molar-refractivity contribution in [3.8, 4) is 5.75 Å². The standard InChI is InChI=1S/C20H20ClN3O3/c21-15-6-4-14(5-7-15)10-12-27-16-8-9-18(22-13-16)24-19(25)17-3-1-2-11-23(17)20(24)26/h4-9,13,17H,1-3,10-12H2. The van der Waals surface area contributed by atoms with Gasteiger partial charge in [-0.3, -0.25) is 4.79 Å². The van der Waals surface area contributed by atoms with Crippen LogP contribution < -0.4 is 9.64 Å². The Bertz CT molecular complexity index is 815. The number of piperidine rings is 1. The van der Waals surface area contributed by atoms with Crippen LogP contribution in [0.5, 0.6) is 5.75 Å². The highest BCUT2D eigenvalue weighted by Gasteiger charge is 2.47. The molecule has 140 valence electrons. The predicted octanol–water partition coefficient (Wildman–Crippen LogP) is 3.68. The Hall–Kier alpha value is -2.60. The second-order valence-electron chi connectivity index (χ2n) is 6.74. The summed E-state index contributed by atoms with van der Waals surface area (Å²) in [6.45, 7) is 1.14. The number of anilines is 1. The fourth-order valence-electron chi connectivity index (χ4n) is 3.53. The lowest BCUT2D eigenvalue weighted by Crippen LogP contribution is -2.39. The summed E-state index contributed by atoms with van der Waals surface area (Å²) in [5, 5.41) is 0.710. The number of carbonyl (C=O) groups excluding carboxylic acids is 2. The molecule has 2 saturated heterocycles. The number of nitrogens with zero attached hydrogens (tertiary/aromatic N) is 3. The molecule has 0 N–H and O–H groups in total. The number of amides is 3. The van der Waals surface area contributed by atoms with Crippen LogP contribution in [-0.4, -0.2) is 41.0 Å². The van der Waals surface area contributed by atoms with Crippen LogP contribution in [0.1, 0.15) is 24.8 Å². The third-order valence-corrected chi connectivity index (χ3v) is 5.22. The van der Waals surface area contributed by atoms with Crippen molar-refractivity contribution in [2.75, 3.05) is 18.1 Å². The van der Waals surface area contributed by atoms with Crippen LogP contribution in [0.2, 0.25) is 5.02 Å². The molecule has 3 heterocycles. The average molecular weight is 386 g/mol. The maximum absolute atomic E-state index is 12.6. The quantitative estimate of drug-likeness (QED) is 0.736. The fraction of sp³-hybridized carbons (Fsp3) is 0.350. The van der Waals surface area contributed by atoms with Crippen LogP contribution >= 0.6 is 11.6 Å². The number of urea groups is 1. The lowest BCUT2D eigenvalue weighted by molar-refractivity contribution is -0.120. The number of hydrogen-bond donors (Lipinski definition) is 0. The second-order valence-corrected chi connectivity index (χ2v) is 7.17. The van der Waals surface area contributed by atoms with Crippen molar-refractivity contribution in [3.63, 3.8) is 0 Å². The lowest BCUT2D eigenvalue weighted by atomic mass is 10.0. The van der Waals surface area contributed by atoms with Gasteiger partial charge in [0.2, 0.25) is 0 Å². The summed E-state index contributed by atoms with van der Waals surface area (Å²) in [6, 6.07) is 10.4. The summed E-state index contributed by atoms with van der Waals surface area (Å²) in [4.78, 5) is 32.2. The Morgan fingerprint density at radius 1 is 1.11 bits per heavy atom. The van der Waals surface area contributed by atoms with Crippen molar-refractivity contribution in [2.24, 2.45) is 0 Å². The van der Waals surface area contributed by atoms with Gasteiger partial charge in [0, 0.05) is 18.0 Å². The SMILES string of the molecule is O=C1C2CCCCN2C(=O)N1c1ccc(OCCc2ccc(Cl)cc2)cn1. The van der Waals surface area contributed by atoms with Crippen LogP contribution in [0.3, 0.4) is 0 Å². The molecule has 27 heavy (non-hydrogen) atoms. The van der Waals surface area contributed by atoms with E-state index in [9.17, 15) is 9.59 Å². The number of aromatic nitrogens is 1. The Balaban J connectivity index is 1.38. The molecule has 0 aliphatic carbocycles. The van der Waals surface area contributed by atoms with Gasteiger partial charge in [0.1, 0.15) is 17.6 Å². The van der Waals surface area contributed by atoms with Crippen LogP contribution in [0.15, 0.2) is 42.6 Å². The topological polar surface area (TPSA) is 62.7 Å². The normalized spacial score (nSPS) is 19.4. The first-order valence-corrected chi connectivity index (χ1v) is 9.49. The van der Waals surface area contributed by atoms with Crippen molar-refractivity contribution in [1.82, 2.24) is 9.88 Å². The minimum absolute atomic E-state index is 0.177. The van der Waals surface area contributed by atoms with E-state index in [2.05, 4.69) is 4.98 Å². The summed E-state index contributed by atoms with van der Waals surface area (Å²) < 4.78 is 5.71. The van der Waals surface area contributed by atoms with Crippen molar-refractivity contribution in [3.05, 3.63) is 53.2 Å². The van der Waals surface area contributed by atoms with E-state index in [0.29, 0.717) is 29.7 Å². The van der Waals surface area contributed by atoms with Crippen molar-refractivity contribution in [2.45, 2.75) is 31.7 Å². The number of rotatable bonds is 5. The molecule has 2 fully saturated rings. The van der Waals surface area contributed by atoms with Gasteiger partial charge in [-0.15, -0.1) is 0 Å². The maximum Gasteiger partial charge on any atom is 0.333 e. The predicted molar refractivity (Wildman–Crippen MR) is 102 cm³/mol. The summed E-state index contributed by atoms with van der Waals surface area (Å²) in [6.07, 6.45) is 4.94. The second kappa shape index (κ2) is 7.56. The van der Waals surface area contributed by atoms with Crippen molar-refractivity contribution < 1.29 is 14.3 Å². The van der Waals surface area contributed by atoms with Crippen molar-refractivity contribution in [1.29, 1.82) is 0 Å². The highest BCUT2D eigenvalue weighted by Crippen LogP contribution is 2.30. The molecule has 0 saturated carbocycles. The number of fused-ring (bicyclic) bond motifs is 1. The Morgan fingerprint density at radius 3 is 2.63 bits per heavy atom. The molecule has 1 atom stereocenters. The summed E-state index contributed by atoms with van der Waals surface area (Å²) in [5.74, 6) is 0.776. The van der Waals surface area contributed by atoms with Crippen LogP contribution in [0.4, 0.5) is 10.6 Å². The molecule has 1 aromatic heterocycles. The number of carbonyl (C=O) groups is 2. The third kappa shape index (κ3) is 3.62. The average Bonchev–Trinajstić information content (AvgIpc) is 2.95. The number of benzene rings is 1. The van der Waals surface area contributed by atoms with E-state index < -0.39 is 0 Å². The molecule has 7 heteroatoms. The zero-order chi connectivity index (χ0) is 18.8. The third-order valence-electron chi connectivity index (χ3n) is 4.97. The zero-order valence-electron chi connectivity index (χ0n) is 14.8. The van der Waals surface area contributed by atoms with Gasteiger partial charge in [0.25, 0.3) is 5.91 Å². The number of imide groups is 1. The molecule has 0 bridgehead atoms. The van der Waals surface area contributed by atoms with E-state index >= 15 is 0 Å². The van der Waals surface area contributed by atoms with E-state index in [-0.39, 0.29) is 18.0 Å². The molecule has 0 radical (unpaired) electrons. The number of hydrogen-bond acceptors (Lipinski definition) is 4. The molecule has 1 aromatic carbocycles. The summed E-state index contributed by atoms with van der Waals surface area (Å²) in [7, 11) is 0. The Kier molecular flexibility index (Phi) is 4.99. The lowest BCUT2D eigenvalue weighted by Gasteiger charge is -2.25. The Labute approximate surface area is 162 Å². The highest BCUT2D eigenvalue weighted by atomic mass is 35.5. The first-order chi connectivity index (χ1) is 13.1. The van der Waals surface area contributed by atoms with Gasteiger partial charge >= 0.3 is 6.03 Å². The minimum atomic E-state index is -0.330. The van der Waals surface area contributed by atoms with Crippen molar-refractivity contribution >= 4 is 29.4 Å². The minimum Gasteiger partial charge on any atom is -0.492 e. The maximum atomic E-state index is 12.6.